The maximum absolute atomic E-state index is 11.5. The number of hydrogen-bond donors (Lipinski definition) is 2. The van der Waals surface area contributed by atoms with Gasteiger partial charge in [0.05, 0.1) is 18.6 Å². The van der Waals surface area contributed by atoms with Crippen LogP contribution in [0.2, 0.25) is 0 Å². The monoisotopic (exact) mass is 237 g/mol. The summed E-state index contributed by atoms with van der Waals surface area (Å²) < 4.78 is 0. The van der Waals surface area contributed by atoms with Crippen LogP contribution in [0, 0.1) is 12.3 Å². The fourth-order valence-electron chi connectivity index (χ4n) is 1.26. The van der Waals surface area contributed by atoms with Gasteiger partial charge < -0.3 is 5.32 Å². The van der Waals surface area contributed by atoms with Gasteiger partial charge in [-0.2, -0.15) is 0 Å². The van der Waals surface area contributed by atoms with Crippen LogP contribution in [0.5, 0.6) is 0 Å². The van der Waals surface area contributed by atoms with Crippen molar-refractivity contribution in [3.05, 3.63) is 16.6 Å². The highest BCUT2D eigenvalue weighted by molar-refractivity contribution is 7.09. The number of carbonyl (C=O) groups is 1. The van der Waals surface area contributed by atoms with Crippen LogP contribution in [-0.4, -0.2) is 23.5 Å². The molecule has 86 valence electrons. The number of amides is 1. The second-order valence-electron chi connectivity index (χ2n) is 3.40. The Balaban J connectivity index is 2.42. The largest absolute Gasteiger partial charge is 0.344 e. The van der Waals surface area contributed by atoms with E-state index in [1.165, 1.54) is 0 Å². The SMILES string of the molecule is C#CCNC(=O)C(C)NC(C)c1nccs1. The number of nitrogens with zero attached hydrogens (tertiary/aromatic N) is 1. The van der Waals surface area contributed by atoms with Crippen LogP contribution in [0.25, 0.3) is 0 Å². The van der Waals surface area contributed by atoms with E-state index >= 15 is 0 Å². The molecule has 1 rings (SSSR count). The van der Waals surface area contributed by atoms with E-state index < -0.39 is 0 Å². The van der Waals surface area contributed by atoms with Crippen LogP contribution >= 0.6 is 11.3 Å². The van der Waals surface area contributed by atoms with Gasteiger partial charge in [0, 0.05) is 11.6 Å². The number of nitrogens with one attached hydrogen (secondary N) is 2. The highest BCUT2D eigenvalue weighted by Crippen LogP contribution is 2.15. The average molecular weight is 237 g/mol. The van der Waals surface area contributed by atoms with Crippen LogP contribution in [0.4, 0.5) is 0 Å². The summed E-state index contributed by atoms with van der Waals surface area (Å²) in [5.74, 6) is 2.27. The Morgan fingerprint density at radius 1 is 1.69 bits per heavy atom. The zero-order chi connectivity index (χ0) is 12.0. The van der Waals surface area contributed by atoms with E-state index in [-0.39, 0.29) is 24.5 Å². The van der Waals surface area contributed by atoms with Gasteiger partial charge in [0.1, 0.15) is 5.01 Å². The molecule has 2 atom stereocenters. The fraction of sp³-hybridized carbons (Fsp3) is 0.455. The molecule has 0 saturated carbocycles. The third kappa shape index (κ3) is 3.65. The molecule has 4 nitrogen and oxygen atoms in total. The Morgan fingerprint density at radius 2 is 2.44 bits per heavy atom. The lowest BCUT2D eigenvalue weighted by molar-refractivity contribution is -0.122. The van der Waals surface area contributed by atoms with Crippen molar-refractivity contribution in [2.24, 2.45) is 0 Å². The second kappa shape index (κ2) is 6.26. The van der Waals surface area contributed by atoms with Crippen molar-refractivity contribution in [2.45, 2.75) is 25.9 Å². The molecule has 0 aliphatic carbocycles. The summed E-state index contributed by atoms with van der Waals surface area (Å²) >= 11 is 1.56. The molecule has 1 aromatic rings. The standard InChI is InChI=1S/C11H15N3OS/c1-4-5-12-10(15)8(2)14-9(3)11-13-6-7-16-11/h1,6-9,14H,5H2,2-3H3,(H,12,15). The zero-order valence-electron chi connectivity index (χ0n) is 9.36. The van der Waals surface area contributed by atoms with Gasteiger partial charge in [0.15, 0.2) is 0 Å². The smallest absolute Gasteiger partial charge is 0.237 e. The molecule has 1 amide bonds. The first-order chi connectivity index (χ1) is 7.65. The molecule has 0 fully saturated rings. The van der Waals surface area contributed by atoms with Crippen LogP contribution in [0.3, 0.4) is 0 Å². The van der Waals surface area contributed by atoms with E-state index in [9.17, 15) is 4.79 Å². The van der Waals surface area contributed by atoms with E-state index in [4.69, 9.17) is 6.42 Å². The maximum Gasteiger partial charge on any atom is 0.237 e. The lowest BCUT2D eigenvalue weighted by atomic mass is 10.2. The van der Waals surface area contributed by atoms with Crippen molar-refractivity contribution < 1.29 is 4.79 Å². The van der Waals surface area contributed by atoms with Crippen molar-refractivity contribution in [3.8, 4) is 12.3 Å². The third-order valence-electron chi connectivity index (χ3n) is 2.08. The number of carbonyl (C=O) groups excluding carboxylic acids is 1. The first-order valence-corrected chi connectivity index (χ1v) is 5.89. The first kappa shape index (κ1) is 12.7. The van der Waals surface area contributed by atoms with Crippen molar-refractivity contribution >= 4 is 17.2 Å². The van der Waals surface area contributed by atoms with Crippen molar-refractivity contribution in [2.75, 3.05) is 6.54 Å². The minimum absolute atomic E-state index is 0.0617. The van der Waals surface area contributed by atoms with Gasteiger partial charge in [0.2, 0.25) is 5.91 Å². The third-order valence-corrected chi connectivity index (χ3v) is 3.04. The van der Waals surface area contributed by atoms with Crippen molar-refractivity contribution in [3.63, 3.8) is 0 Å². The van der Waals surface area contributed by atoms with E-state index in [1.807, 2.05) is 12.3 Å². The van der Waals surface area contributed by atoms with E-state index in [1.54, 1.807) is 24.5 Å². The molecule has 5 heteroatoms. The van der Waals surface area contributed by atoms with Gasteiger partial charge in [0.25, 0.3) is 0 Å². The molecule has 0 saturated heterocycles. The Hall–Kier alpha value is -1.38. The summed E-state index contributed by atoms with van der Waals surface area (Å²) in [6, 6.07) is -0.223. The lowest BCUT2D eigenvalue weighted by Gasteiger charge is -2.17. The van der Waals surface area contributed by atoms with Gasteiger partial charge in [-0.15, -0.1) is 17.8 Å². The summed E-state index contributed by atoms with van der Waals surface area (Å²) in [6.45, 7) is 4.04. The molecule has 0 aromatic carbocycles. The van der Waals surface area contributed by atoms with E-state index in [0.717, 1.165) is 5.01 Å². The van der Waals surface area contributed by atoms with Crippen molar-refractivity contribution in [1.82, 2.24) is 15.6 Å². The molecule has 0 radical (unpaired) electrons. The van der Waals surface area contributed by atoms with Crippen LogP contribution in [0.15, 0.2) is 11.6 Å². The molecule has 0 aliphatic heterocycles. The number of thiazole rings is 1. The zero-order valence-corrected chi connectivity index (χ0v) is 10.2. The highest BCUT2D eigenvalue weighted by atomic mass is 32.1. The van der Waals surface area contributed by atoms with E-state index in [0.29, 0.717) is 0 Å². The summed E-state index contributed by atoms with van der Waals surface area (Å²) in [6.07, 6.45) is 6.81. The molecular formula is C11H15N3OS. The molecule has 1 heterocycles. The Morgan fingerprint density at radius 3 is 3.00 bits per heavy atom. The summed E-state index contributed by atoms with van der Waals surface area (Å²) in [7, 11) is 0. The van der Waals surface area contributed by atoms with Crippen LogP contribution in [-0.2, 0) is 4.79 Å². The van der Waals surface area contributed by atoms with Gasteiger partial charge in [-0.1, -0.05) is 5.92 Å². The predicted octanol–water partition coefficient (Wildman–Crippen LogP) is 0.932. The normalized spacial score (nSPS) is 13.8. The molecule has 2 N–H and O–H groups in total. The highest BCUT2D eigenvalue weighted by Gasteiger charge is 2.16. The van der Waals surface area contributed by atoms with Gasteiger partial charge in [-0.05, 0) is 13.8 Å². The molecule has 1 aromatic heterocycles. The minimum atomic E-state index is -0.285. The molecule has 0 spiro atoms. The number of aromatic nitrogens is 1. The molecule has 0 bridgehead atoms. The Kier molecular flexibility index (Phi) is 4.96. The Bertz CT molecular complexity index is 369. The molecule has 16 heavy (non-hydrogen) atoms. The second-order valence-corrected chi connectivity index (χ2v) is 4.33. The van der Waals surface area contributed by atoms with Gasteiger partial charge >= 0.3 is 0 Å². The lowest BCUT2D eigenvalue weighted by Crippen LogP contribution is -2.43. The average Bonchev–Trinajstić information content (AvgIpc) is 2.79. The first-order valence-electron chi connectivity index (χ1n) is 5.01. The van der Waals surface area contributed by atoms with Gasteiger partial charge in [-0.3, -0.25) is 10.1 Å². The molecular weight excluding hydrogens is 222 g/mol. The fourth-order valence-corrected chi connectivity index (χ4v) is 1.92. The van der Waals surface area contributed by atoms with Crippen LogP contribution in [0.1, 0.15) is 24.9 Å². The Labute approximate surface area is 99.5 Å². The van der Waals surface area contributed by atoms with E-state index in [2.05, 4.69) is 21.5 Å². The number of rotatable bonds is 5. The van der Waals surface area contributed by atoms with Gasteiger partial charge in [-0.25, -0.2) is 4.98 Å². The summed E-state index contributed by atoms with van der Waals surface area (Å²) in [5.41, 5.74) is 0. The number of hydrogen-bond acceptors (Lipinski definition) is 4. The summed E-state index contributed by atoms with van der Waals surface area (Å²) in [5, 5.41) is 8.67. The molecule has 0 aliphatic rings. The minimum Gasteiger partial charge on any atom is -0.344 e. The quantitative estimate of drug-likeness (QED) is 0.749. The molecule has 2 unspecified atom stereocenters. The van der Waals surface area contributed by atoms with Crippen LogP contribution < -0.4 is 10.6 Å². The summed E-state index contributed by atoms with van der Waals surface area (Å²) in [4.78, 5) is 15.7. The predicted molar refractivity (Wildman–Crippen MR) is 65.0 cm³/mol. The topological polar surface area (TPSA) is 54.0 Å². The van der Waals surface area contributed by atoms with Crippen molar-refractivity contribution in [1.29, 1.82) is 0 Å². The number of terminal acetylenes is 1. The maximum atomic E-state index is 11.5.